The molecular formula is C12H10BrN. The molecule has 1 nitrogen and oxygen atoms in total. The molecule has 70 valence electrons. The number of hydrogen-bond donors (Lipinski definition) is 1. The summed E-state index contributed by atoms with van der Waals surface area (Å²) in [5, 5.41) is 2.16. The summed E-state index contributed by atoms with van der Waals surface area (Å²) < 4.78 is 0. The Hall–Kier alpha value is -1.20. The van der Waals surface area contributed by atoms with Crippen LogP contribution in [0.25, 0.3) is 10.9 Å². The largest absolute Gasteiger partial charge is 0.361 e. The van der Waals surface area contributed by atoms with Crippen molar-refractivity contribution in [3.8, 4) is 11.8 Å². The molecule has 1 heterocycles. The van der Waals surface area contributed by atoms with Gasteiger partial charge in [-0.15, -0.1) is 0 Å². The summed E-state index contributed by atoms with van der Waals surface area (Å²) >= 11 is 3.35. The Morgan fingerprint density at radius 1 is 1.29 bits per heavy atom. The van der Waals surface area contributed by atoms with Gasteiger partial charge >= 0.3 is 0 Å². The van der Waals surface area contributed by atoms with E-state index in [1.807, 2.05) is 12.3 Å². The quantitative estimate of drug-likeness (QED) is 0.588. The van der Waals surface area contributed by atoms with Crippen molar-refractivity contribution in [1.29, 1.82) is 0 Å². The first-order chi connectivity index (χ1) is 6.90. The van der Waals surface area contributed by atoms with Crippen molar-refractivity contribution in [2.75, 3.05) is 5.33 Å². The van der Waals surface area contributed by atoms with Crippen LogP contribution < -0.4 is 0 Å². The minimum atomic E-state index is 0.894. The van der Waals surface area contributed by atoms with E-state index in [9.17, 15) is 0 Å². The van der Waals surface area contributed by atoms with Crippen molar-refractivity contribution in [2.45, 2.75) is 6.42 Å². The second-order valence-corrected chi connectivity index (χ2v) is 3.81. The van der Waals surface area contributed by atoms with Gasteiger partial charge in [0, 0.05) is 34.4 Å². The van der Waals surface area contributed by atoms with Gasteiger partial charge < -0.3 is 4.98 Å². The average Bonchev–Trinajstić information content (AvgIpc) is 2.65. The molecule has 0 saturated carbocycles. The van der Waals surface area contributed by atoms with E-state index in [1.165, 1.54) is 5.39 Å². The van der Waals surface area contributed by atoms with Crippen molar-refractivity contribution in [3.63, 3.8) is 0 Å². The second-order valence-electron chi connectivity index (χ2n) is 3.02. The lowest BCUT2D eigenvalue weighted by Crippen LogP contribution is -1.74. The first-order valence-electron chi connectivity index (χ1n) is 4.52. The molecule has 0 unspecified atom stereocenters. The van der Waals surface area contributed by atoms with Crippen LogP contribution in [-0.4, -0.2) is 10.3 Å². The fourth-order valence-corrected chi connectivity index (χ4v) is 1.54. The number of aromatic amines is 1. The van der Waals surface area contributed by atoms with Crippen LogP contribution in [0.2, 0.25) is 0 Å². The third-order valence-corrected chi connectivity index (χ3v) is 2.40. The number of fused-ring (bicyclic) bond motifs is 1. The number of nitrogens with one attached hydrogen (secondary N) is 1. The van der Waals surface area contributed by atoms with E-state index in [4.69, 9.17) is 0 Å². The Kier molecular flexibility index (Phi) is 2.90. The van der Waals surface area contributed by atoms with E-state index in [2.05, 4.69) is 51.0 Å². The van der Waals surface area contributed by atoms with Gasteiger partial charge in [-0.25, -0.2) is 0 Å². The van der Waals surface area contributed by atoms with E-state index >= 15 is 0 Å². The maximum Gasteiger partial charge on any atom is 0.0454 e. The first kappa shape index (κ1) is 9.36. The van der Waals surface area contributed by atoms with Gasteiger partial charge in [0.1, 0.15) is 0 Å². The first-order valence-corrected chi connectivity index (χ1v) is 5.64. The molecule has 0 aliphatic rings. The van der Waals surface area contributed by atoms with Gasteiger partial charge in [0.15, 0.2) is 0 Å². The van der Waals surface area contributed by atoms with Crippen molar-refractivity contribution in [2.24, 2.45) is 0 Å². The van der Waals surface area contributed by atoms with Crippen LogP contribution in [0.1, 0.15) is 12.0 Å². The molecule has 0 aliphatic carbocycles. The number of hydrogen-bond acceptors (Lipinski definition) is 0. The zero-order valence-electron chi connectivity index (χ0n) is 7.68. The number of benzene rings is 1. The predicted molar refractivity (Wildman–Crippen MR) is 63.6 cm³/mol. The third kappa shape index (κ3) is 2.00. The van der Waals surface area contributed by atoms with E-state index in [0.29, 0.717) is 0 Å². The molecule has 0 fully saturated rings. The smallest absolute Gasteiger partial charge is 0.0454 e. The zero-order valence-corrected chi connectivity index (χ0v) is 9.26. The average molecular weight is 248 g/mol. The summed E-state index contributed by atoms with van der Waals surface area (Å²) in [6.45, 7) is 0. The molecule has 2 heteroatoms. The molecule has 0 amide bonds. The highest BCUT2D eigenvalue weighted by molar-refractivity contribution is 9.09. The summed E-state index contributed by atoms with van der Waals surface area (Å²) in [5.41, 5.74) is 2.24. The predicted octanol–water partition coefficient (Wildman–Crippen LogP) is 3.30. The maximum absolute atomic E-state index is 3.35. The lowest BCUT2D eigenvalue weighted by atomic mass is 10.1. The van der Waals surface area contributed by atoms with E-state index < -0.39 is 0 Å². The number of H-pyrrole nitrogens is 1. The maximum atomic E-state index is 3.35. The van der Waals surface area contributed by atoms with Gasteiger partial charge in [0.25, 0.3) is 0 Å². The Bertz CT molecular complexity index is 487. The molecule has 2 aromatic rings. The van der Waals surface area contributed by atoms with E-state index in [-0.39, 0.29) is 0 Å². The number of alkyl halides is 1. The van der Waals surface area contributed by atoms with Crippen LogP contribution in [0.5, 0.6) is 0 Å². The van der Waals surface area contributed by atoms with Gasteiger partial charge in [0.2, 0.25) is 0 Å². The van der Waals surface area contributed by atoms with Crippen LogP contribution in [0.15, 0.2) is 30.5 Å². The Morgan fingerprint density at radius 3 is 3.07 bits per heavy atom. The molecule has 0 atom stereocenters. The molecule has 0 aliphatic heterocycles. The summed E-state index contributed by atoms with van der Waals surface area (Å²) in [6.07, 6.45) is 2.84. The fourth-order valence-electron chi connectivity index (χ4n) is 1.34. The lowest BCUT2D eigenvalue weighted by Gasteiger charge is -1.91. The molecule has 1 aromatic heterocycles. The van der Waals surface area contributed by atoms with Gasteiger partial charge in [0.05, 0.1) is 0 Å². The SMILES string of the molecule is BrCCC#Cc1ccc2[nH]ccc2c1. The van der Waals surface area contributed by atoms with Crippen molar-refractivity contribution in [1.82, 2.24) is 4.98 Å². The van der Waals surface area contributed by atoms with Gasteiger partial charge in [-0.05, 0) is 24.3 Å². The second kappa shape index (κ2) is 4.34. The van der Waals surface area contributed by atoms with Crippen molar-refractivity contribution < 1.29 is 0 Å². The Balaban J connectivity index is 2.31. The van der Waals surface area contributed by atoms with Crippen LogP contribution >= 0.6 is 15.9 Å². The monoisotopic (exact) mass is 247 g/mol. The molecule has 14 heavy (non-hydrogen) atoms. The summed E-state index contributed by atoms with van der Waals surface area (Å²) in [4.78, 5) is 3.16. The van der Waals surface area contributed by atoms with Crippen molar-refractivity contribution in [3.05, 3.63) is 36.0 Å². The standard InChI is InChI=1S/C12H10BrN/c13-7-2-1-3-10-4-5-12-11(9-10)6-8-14-12/h4-6,8-9,14H,2,7H2. The molecule has 1 aromatic carbocycles. The summed E-state index contributed by atoms with van der Waals surface area (Å²) in [7, 11) is 0. The molecule has 0 saturated heterocycles. The van der Waals surface area contributed by atoms with Crippen LogP contribution in [0, 0.1) is 11.8 Å². The molecule has 1 N–H and O–H groups in total. The number of aromatic nitrogens is 1. The molecule has 2 rings (SSSR count). The van der Waals surface area contributed by atoms with Gasteiger partial charge in [-0.1, -0.05) is 27.8 Å². The highest BCUT2D eigenvalue weighted by Crippen LogP contribution is 2.13. The lowest BCUT2D eigenvalue weighted by molar-refractivity contribution is 1.32. The van der Waals surface area contributed by atoms with Crippen LogP contribution in [0.3, 0.4) is 0 Å². The Morgan fingerprint density at radius 2 is 2.21 bits per heavy atom. The number of rotatable bonds is 1. The molecular weight excluding hydrogens is 238 g/mol. The fraction of sp³-hybridized carbons (Fsp3) is 0.167. The normalized spacial score (nSPS) is 9.79. The Labute approximate surface area is 91.6 Å². The minimum absolute atomic E-state index is 0.894. The highest BCUT2D eigenvalue weighted by atomic mass is 79.9. The molecule has 0 spiro atoms. The number of halogens is 1. The van der Waals surface area contributed by atoms with E-state index in [0.717, 1.165) is 22.8 Å². The summed E-state index contributed by atoms with van der Waals surface area (Å²) in [6, 6.07) is 8.27. The molecule has 0 bridgehead atoms. The topological polar surface area (TPSA) is 15.8 Å². The minimum Gasteiger partial charge on any atom is -0.361 e. The third-order valence-electron chi connectivity index (χ3n) is 2.01. The highest BCUT2D eigenvalue weighted by Gasteiger charge is 1.93. The molecule has 0 radical (unpaired) electrons. The van der Waals surface area contributed by atoms with Crippen LogP contribution in [0.4, 0.5) is 0 Å². The van der Waals surface area contributed by atoms with Crippen molar-refractivity contribution >= 4 is 26.8 Å². The van der Waals surface area contributed by atoms with E-state index in [1.54, 1.807) is 0 Å². The van der Waals surface area contributed by atoms with Gasteiger partial charge in [-0.3, -0.25) is 0 Å². The zero-order chi connectivity index (χ0) is 9.80. The van der Waals surface area contributed by atoms with Gasteiger partial charge in [-0.2, -0.15) is 0 Å². The van der Waals surface area contributed by atoms with Crippen LogP contribution in [-0.2, 0) is 0 Å². The summed E-state index contributed by atoms with van der Waals surface area (Å²) in [5.74, 6) is 6.23.